The summed E-state index contributed by atoms with van der Waals surface area (Å²) >= 11 is 6.80. The first-order valence-electron chi connectivity index (χ1n) is 9.16. The summed E-state index contributed by atoms with van der Waals surface area (Å²) in [5.41, 5.74) is 5.29. The summed E-state index contributed by atoms with van der Waals surface area (Å²) in [6.45, 7) is 0.295. The fraction of sp³-hybridized carbons (Fsp3) is 0.250. The van der Waals surface area contributed by atoms with Crippen molar-refractivity contribution < 1.29 is 5.11 Å². The number of H-pyrrole nitrogens is 2. The third-order valence-corrected chi connectivity index (χ3v) is 5.87. The SMILES string of the molecule is O=c1[nH]cc(O)n1Cc1ccc(-c2ccc3n[nH]nc3c2C(Cl)C2CC2)cc1. The smallest absolute Gasteiger partial charge is 0.328 e. The van der Waals surface area contributed by atoms with Crippen LogP contribution in [0.1, 0.15) is 29.3 Å². The topological polar surface area (TPSA) is 99.6 Å². The molecule has 0 aliphatic heterocycles. The summed E-state index contributed by atoms with van der Waals surface area (Å²) in [4.78, 5) is 14.2. The first kappa shape index (κ1) is 17.1. The summed E-state index contributed by atoms with van der Waals surface area (Å²) in [5, 5.41) is 20.9. The highest BCUT2D eigenvalue weighted by Gasteiger charge is 2.34. The average Bonchev–Trinajstić information content (AvgIpc) is 3.38. The number of rotatable bonds is 5. The van der Waals surface area contributed by atoms with Crippen molar-refractivity contribution >= 4 is 22.6 Å². The van der Waals surface area contributed by atoms with Crippen LogP contribution in [-0.4, -0.2) is 30.1 Å². The molecule has 5 rings (SSSR count). The lowest BCUT2D eigenvalue weighted by atomic mass is 9.94. The Morgan fingerprint density at radius 2 is 1.96 bits per heavy atom. The summed E-state index contributed by atoms with van der Waals surface area (Å²) < 4.78 is 1.28. The first-order chi connectivity index (χ1) is 13.6. The maximum atomic E-state index is 11.7. The van der Waals surface area contributed by atoms with E-state index in [1.54, 1.807) is 0 Å². The molecule has 3 N–H and O–H groups in total. The van der Waals surface area contributed by atoms with E-state index < -0.39 is 0 Å². The second-order valence-electron chi connectivity index (χ2n) is 7.19. The van der Waals surface area contributed by atoms with Gasteiger partial charge in [0.15, 0.2) is 0 Å². The van der Waals surface area contributed by atoms with Gasteiger partial charge in [-0.15, -0.1) is 11.6 Å². The molecule has 28 heavy (non-hydrogen) atoms. The van der Waals surface area contributed by atoms with Gasteiger partial charge in [0.2, 0.25) is 5.88 Å². The van der Waals surface area contributed by atoms with Gasteiger partial charge in [0.05, 0.1) is 18.1 Å². The highest BCUT2D eigenvalue weighted by Crippen LogP contribution is 2.49. The van der Waals surface area contributed by atoms with E-state index in [0.717, 1.165) is 46.1 Å². The molecule has 8 heteroatoms. The van der Waals surface area contributed by atoms with Gasteiger partial charge in [-0.1, -0.05) is 30.3 Å². The zero-order valence-corrected chi connectivity index (χ0v) is 15.6. The van der Waals surface area contributed by atoms with Gasteiger partial charge in [0.1, 0.15) is 11.0 Å². The van der Waals surface area contributed by atoms with Gasteiger partial charge in [-0.3, -0.25) is 4.57 Å². The molecule has 1 aliphatic rings. The summed E-state index contributed by atoms with van der Waals surface area (Å²) in [6.07, 6.45) is 3.56. The molecule has 0 radical (unpaired) electrons. The molecule has 1 atom stereocenters. The molecule has 0 saturated heterocycles. The molecule has 142 valence electrons. The van der Waals surface area contributed by atoms with Crippen LogP contribution in [0.3, 0.4) is 0 Å². The Morgan fingerprint density at radius 3 is 2.64 bits per heavy atom. The summed E-state index contributed by atoms with van der Waals surface area (Å²) in [5.74, 6) is 0.396. The Morgan fingerprint density at radius 1 is 1.18 bits per heavy atom. The molecular formula is C20H18ClN5O2. The number of aromatic nitrogens is 5. The minimum Gasteiger partial charge on any atom is -0.493 e. The van der Waals surface area contributed by atoms with Crippen molar-refractivity contribution in [2.45, 2.75) is 24.8 Å². The maximum Gasteiger partial charge on any atom is 0.328 e. The van der Waals surface area contributed by atoms with E-state index in [1.807, 2.05) is 36.4 Å². The van der Waals surface area contributed by atoms with Crippen molar-refractivity contribution in [3.8, 4) is 17.0 Å². The monoisotopic (exact) mass is 395 g/mol. The van der Waals surface area contributed by atoms with E-state index >= 15 is 0 Å². The van der Waals surface area contributed by atoms with Crippen LogP contribution in [0.4, 0.5) is 0 Å². The van der Waals surface area contributed by atoms with E-state index in [0.29, 0.717) is 12.5 Å². The molecule has 0 amide bonds. The Kier molecular flexibility index (Phi) is 3.98. The number of halogens is 1. The van der Waals surface area contributed by atoms with Crippen LogP contribution in [-0.2, 0) is 6.54 Å². The molecule has 2 aromatic heterocycles. The van der Waals surface area contributed by atoms with Gasteiger partial charge < -0.3 is 10.1 Å². The van der Waals surface area contributed by atoms with Crippen LogP contribution in [0.5, 0.6) is 5.88 Å². The van der Waals surface area contributed by atoms with Crippen molar-refractivity contribution in [2.24, 2.45) is 5.92 Å². The minimum atomic E-state index is -0.338. The van der Waals surface area contributed by atoms with Crippen LogP contribution >= 0.6 is 11.6 Å². The molecule has 2 aromatic carbocycles. The van der Waals surface area contributed by atoms with Gasteiger partial charge in [0.25, 0.3) is 0 Å². The van der Waals surface area contributed by atoms with Crippen molar-refractivity contribution in [1.29, 1.82) is 0 Å². The molecule has 1 aliphatic carbocycles. The third-order valence-electron chi connectivity index (χ3n) is 5.29. The second kappa shape index (κ2) is 6.53. The van der Waals surface area contributed by atoms with Gasteiger partial charge in [-0.2, -0.15) is 15.4 Å². The van der Waals surface area contributed by atoms with Crippen LogP contribution in [0.15, 0.2) is 47.4 Å². The predicted octanol–water partition coefficient (Wildman–Crippen LogP) is 3.56. The molecule has 4 aromatic rings. The fourth-order valence-corrected chi connectivity index (χ4v) is 4.07. The van der Waals surface area contributed by atoms with E-state index in [2.05, 4.69) is 20.4 Å². The third kappa shape index (κ3) is 2.88. The number of benzene rings is 2. The number of alkyl halides is 1. The Bertz CT molecular complexity index is 1200. The van der Waals surface area contributed by atoms with Crippen LogP contribution in [0, 0.1) is 5.92 Å². The molecular weight excluding hydrogens is 378 g/mol. The lowest BCUT2D eigenvalue weighted by Crippen LogP contribution is -2.17. The highest BCUT2D eigenvalue weighted by atomic mass is 35.5. The number of nitrogens with one attached hydrogen (secondary N) is 2. The number of nitrogens with zero attached hydrogens (tertiary/aromatic N) is 3. The standard InChI is InChI=1S/C20H18ClN5O2/c21-18(13-5-6-13)17-14(7-8-15-19(17)24-25-23-15)12-3-1-11(2-4-12)10-26-16(27)9-22-20(26)28/h1-4,7-9,13,18,27H,5-6,10H2,(H,22,28)(H,23,24,25). The molecule has 1 saturated carbocycles. The molecule has 2 heterocycles. The van der Waals surface area contributed by atoms with Crippen molar-refractivity contribution in [3.63, 3.8) is 0 Å². The van der Waals surface area contributed by atoms with Gasteiger partial charge in [-0.05, 0) is 41.5 Å². The Hall–Kier alpha value is -3.06. The number of hydrogen-bond donors (Lipinski definition) is 3. The van der Waals surface area contributed by atoms with E-state index in [9.17, 15) is 9.90 Å². The van der Waals surface area contributed by atoms with Crippen LogP contribution < -0.4 is 5.69 Å². The Labute approximate surface area is 165 Å². The predicted molar refractivity (Wildman–Crippen MR) is 106 cm³/mol. The van der Waals surface area contributed by atoms with Crippen molar-refractivity contribution in [1.82, 2.24) is 25.0 Å². The Balaban J connectivity index is 1.53. The lowest BCUT2D eigenvalue weighted by Gasteiger charge is -2.15. The average molecular weight is 396 g/mol. The van der Waals surface area contributed by atoms with E-state index in [1.165, 1.54) is 10.8 Å². The lowest BCUT2D eigenvalue weighted by molar-refractivity contribution is 0.421. The number of aromatic hydroxyl groups is 1. The first-order valence-corrected chi connectivity index (χ1v) is 9.59. The quantitative estimate of drug-likeness (QED) is 0.450. The minimum absolute atomic E-state index is 0.0812. The fourth-order valence-electron chi connectivity index (χ4n) is 3.60. The number of aromatic amines is 2. The molecule has 1 fully saturated rings. The highest BCUT2D eigenvalue weighted by molar-refractivity contribution is 6.22. The van der Waals surface area contributed by atoms with E-state index in [-0.39, 0.29) is 16.9 Å². The normalized spacial score (nSPS) is 15.2. The summed E-state index contributed by atoms with van der Waals surface area (Å²) in [7, 11) is 0. The second-order valence-corrected chi connectivity index (χ2v) is 7.66. The van der Waals surface area contributed by atoms with E-state index in [4.69, 9.17) is 11.6 Å². The molecule has 0 bridgehead atoms. The van der Waals surface area contributed by atoms with Crippen LogP contribution in [0.2, 0.25) is 0 Å². The maximum absolute atomic E-state index is 11.7. The molecule has 1 unspecified atom stereocenters. The van der Waals surface area contributed by atoms with Crippen molar-refractivity contribution in [2.75, 3.05) is 0 Å². The van der Waals surface area contributed by atoms with Crippen molar-refractivity contribution in [3.05, 3.63) is 64.2 Å². The largest absolute Gasteiger partial charge is 0.493 e. The number of imidazole rings is 1. The van der Waals surface area contributed by atoms with Gasteiger partial charge in [0, 0.05) is 5.56 Å². The van der Waals surface area contributed by atoms with Gasteiger partial charge >= 0.3 is 5.69 Å². The number of hydrogen-bond acceptors (Lipinski definition) is 4. The number of fused-ring (bicyclic) bond motifs is 1. The van der Waals surface area contributed by atoms with Gasteiger partial charge in [-0.25, -0.2) is 4.79 Å². The molecule has 7 nitrogen and oxygen atoms in total. The zero-order valence-electron chi connectivity index (χ0n) is 14.9. The molecule has 0 spiro atoms. The summed E-state index contributed by atoms with van der Waals surface area (Å²) in [6, 6.07) is 11.9. The van der Waals surface area contributed by atoms with Crippen LogP contribution in [0.25, 0.3) is 22.2 Å². The zero-order chi connectivity index (χ0) is 19.3.